The molecule has 2 N–H and O–H groups in total. The number of nitrogens with zero attached hydrogens (tertiary/aromatic N) is 2. The van der Waals surface area contributed by atoms with Gasteiger partial charge >= 0.3 is 0 Å². The van der Waals surface area contributed by atoms with Crippen LogP contribution >= 0.6 is 0 Å². The molecule has 0 aliphatic carbocycles. The maximum absolute atomic E-state index is 6.33. The van der Waals surface area contributed by atoms with E-state index in [1.165, 1.54) is 12.0 Å². The van der Waals surface area contributed by atoms with Crippen LogP contribution in [0.15, 0.2) is 24.3 Å². The second-order valence-corrected chi connectivity index (χ2v) is 5.89. The largest absolute Gasteiger partial charge is 0.383 e. The van der Waals surface area contributed by atoms with E-state index in [0.717, 1.165) is 29.3 Å². The molecular formula is C16H21N3. The first kappa shape index (κ1) is 12.3. The summed E-state index contributed by atoms with van der Waals surface area (Å²) in [6, 6.07) is 8.88. The Balaban J connectivity index is 2.09. The van der Waals surface area contributed by atoms with E-state index in [-0.39, 0.29) is 0 Å². The van der Waals surface area contributed by atoms with Gasteiger partial charge in [0.1, 0.15) is 17.3 Å². The molecule has 2 aromatic rings. The second kappa shape index (κ2) is 4.41. The molecule has 3 rings (SSSR count). The molecule has 0 bridgehead atoms. The van der Waals surface area contributed by atoms with E-state index in [1.807, 2.05) is 0 Å². The predicted molar refractivity (Wildman–Crippen MR) is 79.0 cm³/mol. The molecular weight excluding hydrogens is 234 g/mol. The molecule has 1 aliphatic rings. The molecule has 2 atom stereocenters. The van der Waals surface area contributed by atoms with Gasteiger partial charge in [-0.3, -0.25) is 0 Å². The molecule has 0 spiro atoms. The van der Waals surface area contributed by atoms with Gasteiger partial charge in [0, 0.05) is 18.0 Å². The standard InChI is InChI=1S/C16H21N3/c1-10-4-6-13(7-5-10)15-16(17)19-12(3)8-11(2)9-14(19)18-15/h4-7,11-12H,8-9,17H2,1-3H3. The van der Waals surface area contributed by atoms with Crippen LogP contribution in [0.2, 0.25) is 0 Å². The molecule has 19 heavy (non-hydrogen) atoms. The van der Waals surface area contributed by atoms with Crippen molar-refractivity contribution in [1.82, 2.24) is 9.55 Å². The Morgan fingerprint density at radius 3 is 2.58 bits per heavy atom. The minimum Gasteiger partial charge on any atom is -0.383 e. The average molecular weight is 255 g/mol. The Hall–Kier alpha value is -1.77. The number of aryl methyl sites for hydroxylation is 1. The van der Waals surface area contributed by atoms with Crippen LogP contribution in [0.1, 0.15) is 37.7 Å². The SMILES string of the molecule is Cc1ccc(-c2nc3n(c2N)C(C)CC(C)C3)cc1. The van der Waals surface area contributed by atoms with Gasteiger partial charge in [-0.05, 0) is 26.2 Å². The van der Waals surface area contributed by atoms with Gasteiger partial charge in [-0.1, -0.05) is 36.8 Å². The third-order valence-corrected chi connectivity index (χ3v) is 4.06. The molecule has 0 amide bonds. The highest BCUT2D eigenvalue weighted by Gasteiger charge is 2.26. The zero-order valence-electron chi connectivity index (χ0n) is 11.9. The molecule has 0 fully saturated rings. The van der Waals surface area contributed by atoms with Crippen LogP contribution in [0.4, 0.5) is 5.82 Å². The second-order valence-electron chi connectivity index (χ2n) is 5.89. The Labute approximate surface area is 114 Å². The van der Waals surface area contributed by atoms with E-state index in [0.29, 0.717) is 12.0 Å². The van der Waals surface area contributed by atoms with Crippen LogP contribution in [0.3, 0.4) is 0 Å². The smallest absolute Gasteiger partial charge is 0.131 e. The molecule has 100 valence electrons. The summed E-state index contributed by atoms with van der Waals surface area (Å²) in [5, 5.41) is 0. The third-order valence-electron chi connectivity index (χ3n) is 4.06. The molecule has 0 radical (unpaired) electrons. The zero-order chi connectivity index (χ0) is 13.6. The Kier molecular flexibility index (Phi) is 2.85. The number of rotatable bonds is 1. The van der Waals surface area contributed by atoms with Gasteiger partial charge in [-0.15, -0.1) is 0 Å². The lowest BCUT2D eigenvalue weighted by molar-refractivity contribution is 0.346. The van der Waals surface area contributed by atoms with E-state index in [4.69, 9.17) is 10.7 Å². The van der Waals surface area contributed by atoms with E-state index < -0.39 is 0 Å². The van der Waals surface area contributed by atoms with Crippen LogP contribution in [-0.2, 0) is 6.42 Å². The minimum absolute atomic E-state index is 0.449. The van der Waals surface area contributed by atoms with Crippen molar-refractivity contribution in [2.45, 2.75) is 39.7 Å². The first-order valence-electron chi connectivity index (χ1n) is 7.00. The molecule has 1 aliphatic heterocycles. The topological polar surface area (TPSA) is 43.8 Å². The van der Waals surface area contributed by atoms with Gasteiger partial charge in [0.15, 0.2) is 0 Å². The minimum atomic E-state index is 0.449. The zero-order valence-corrected chi connectivity index (χ0v) is 11.9. The fourth-order valence-electron chi connectivity index (χ4n) is 3.14. The number of anilines is 1. The van der Waals surface area contributed by atoms with Crippen molar-refractivity contribution >= 4 is 5.82 Å². The molecule has 0 saturated carbocycles. The number of nitrogens with two attached hydrogens (primary N) is 1. The Morgan fingerprint density at radius 2 is 1.89 bits per heavy atom. The summed E-state index contributed by atoms with van der Waals surface area (Å²) in [7, 11) is 0. The predicted octanol–water partition coefficient (Wildman–Crippen LogP) is 3.58. The number of benzene rings is 1. The summed E-state index contributed by atoms with van der Waals surface area (Å²) in [4.78, 5) is 4.79. The molecule has 2 unspecified atom stereocenters. The van der Waals surface area contributed by atoms with Crippen molar-refractivity contribution in [2.24, 2.45) is 5.92 Å². The quantitative estimate of drug-likeness (QED) is 0.846. The van der Waals surface area contributed by atoms with Crippen molar-refractivity contribution in [3.05, 3.63) is 35.7 Å². The maximum Gasteiger partial charge on any atom is 0.131 e. The van der Waals surface area contributed by atoms with E-state index in [1.54, 1.807) is 0 Å². The number of imidazole rings is 1. The van der Waals surface area contributed by atoms with Gasteiger partial charge in [-0.2, -0.15) is 0 Å². The fourth-order valence-corrected chi connectivity index (χ4v) is 3.14. The van der Waals surface area contributed by atoms with Gasteiger partial charge in [0.05, 0.1) is 0 Å². The molecule has 1 aromatic heterocycles. The van der Waals surface area contributed by atoms with Crippen LogP contribution in [-0.4, -0.2) is 9.55 Å². The van der Waals surface area contributed by atoms with Crippen molar-refractivity contribution in [1.29, 1.82) is 0 Å². The third kappa shape index (κ3) is 2.03. The Bertz CT molecular complexity index is 595. The van der Waals surface area contributed by atoms with E-state index in [9.17, 15) is 0 Å². The molecule has 2 heterocycles. The molecule has 3 heteroatoms. The number of fused-ring (bicyclic) bond motifs is 1. The first-order chi connectivity index (χ1) is 9.06. The van der Waals surface area contributed by atoms with Crippen molar-refractivity contribution in [2.75, 3.05) is 5.73 Å². The normalized spacial score (nSPS) is 22.3. The monoisotopic (exact) mass is 255 g/mol. The van der Waals surface area contributed by atoms with Gasteiger partial charge < -0.3 is 10.3 Å². The van der Waals surface area contributed by atoms with Crippen LogP contribution in [0, 0.1) is 12.8 Å². The summed E-state index contributed by atoms with van der Waals surface area (Å²) in [6.45, 7) is 6.61. The van der Waals surface area contributed by atoms with Crippen LogP contribution in [0.5, 0.6) is 0 Å². The lowest BCUT2D eigenvalue weighted by Gasteiger charge is -2.27. The maximum atomic E-state index is 6.33. The van der Waals surface area contributed by atoms with Crippen molar-refractivity contribution in [3.63, 3.8) is 0 Å². The molecule has 1 aromatic carbocycles. The van der Waals surface area contributed by atoms with Gasteiger partial charge in [0.2, 0.25) is 0 Å². The van der Waals surface area contributed by atoms with Gasteiger partial charge in [0.25, 0.3) is 0 Å². The van der Waals surface area contributed by atoms with Gasteiger partial charge in [-0.25, -0.2) is 4.98 Å². The van der Waals surface area contributed by atoms with Crippen molar-refractivity contribution < 1.29 is 0 Å². The Morgan fingerprint density at radius 1 is 1.21 bits per heavy atom. The van der Waals surface area contributed by atoms with E-state index in [2.05, 4.69) is 49.6 Å². The highest BCUT2D eigenvalue weighted by molar-refractivity contribution is 5.71. The molecule has 3 nitrogen and oxygen atoms in total. The summed E-state index contributed by atoms with van der Waals surface area (Å²) in [5.74, 6) is 2.65. The number of hydrogen-bond acceptors (Lipinski definition) is 2. The van der Waals surface area contributed by atoms with E-state index >= 15 is 0 Å². The van der Waals surface area contributed by atoms with Crippen molar-refractivity contribution in [3.8, 4) is 11.3 Å². The summed E-state index contributed by atoms with van der Waals surface area (Å²) >= 11 is 0. The lowest BCUT2D eigenvalue weighted by Crippen LogP contribution is -2.22. The lowest BCUT2D eigenvalue weighted by atomic mass is 9.95. The summed E-state index contributed by atoms with van der Waals surface area (Å²) in [6.07, 6.45) is 2.21. The highest BCUT2D eigenvalue weighted by atomic mass is 15.2. The summed E-state index contributed by atoms with van der Waals surface area (Å²) < 4.78 is 2.22. The first-order valence-corrected chi connectivity index (χ1v) is 7.00. The van der Waals surface area contributed by atoms with Crippen LogP contribution in [0.25, 0.3) is 11.3 Å². The fraction of sp³-hybridized carbons (Fsp3) is 0.438. The van der Waals surface area contributed by atoms with Crippen LogP contribution < -0.4 is 5.73 Å². The average Bonchev–Trinajstić information content (AvgIpc) is 2.67. The highest BCUT2D eigenvalue weighted by Crippen LogP contribution is 2.36. The number of hydrogen-bond donors (Lipinski definition) is 1. The number of nitrogen functional groups attached to an aromatic ring is 1. The molecule has 0 saturated heterocycles. The number of aromatic nitrogens is 2. The summed E-state index contributed by atoms with van der Waals surface area (Å²) in [5.41, 5.74) is 9.64.